The number of carbonyl (C=O) groups excluding carboxylic acids is 1. The minimum Gasteiger partial charge on any atom is -0.486 e. The van der Waals surface area contributed by atoms with Crippen LogP contribution in [0.15, 0.2) is 23.4 Å². The van der Waals surface area contributed by atoms with E-state index in [4.69, 9.17) is 16.3 Å². The summed E-state index contributed by atoms with van der Waals surface area (Å²) in [5.41, 5.74) is 0.969. The van der Waals surface area contributed by atoms with Crippen LogP contribution < -0.4 is 4.74 Å². The summed E-state index contributed by atoms with van der Waals surface area (Å²) in [7, 11) is 0. The van der Waals surface area contributed by atoms with Gasteiger partial charge in [-0.05, 0) is 70.7 Å². The van der Waals surface area contributed by atoms with Crippen molar-refractivity contribution in [3.8, 4) is 5.75 Å². The lowest BCUT2D eigenvalue weighted by Crippen LogP contribution is -2.48. The summed E-state index contributed by atoms with van der Waals surface area (Å²) in [5, 5.41) is 10.0. The summed E-state index contributed by atoms with van der Waals surface area (Å²) in [6.07, 6.45) is 3.36. The summed E-state index contributed by atoms with van der Waals surface area (Å²) in [6, 6.07) is 6.19. The van der Waals surface area contributed by atoms with Crippen molar-refractivity contribution in [3.05, 3.63) is 34.6 Å². The Morgan fingerprint density at radius 2 is 2.00 bits per heavy atom. The highest BCUT2D eigenvalue weighted by atomic mass is 35.5. The Kier molecular flexibility index (Phi) is 7.46. The molecule has 8 heteroatoms. The molecule has 1 aromatic carbocycles. The molecule has 0 bridgehead atoms. The van der Waals surface area contributed by atoms with Crippen LogP contribution in [-0.2, 0) is 17.9 Å². The zero-order valence-corrected chi connectivity index (χ0v) is 19.1. The van der Waals surface area contributed by atoms with Gasteiger partial charge in [-0.25, -0.2) is 0 Å². The number of likely N-dealkylation sites (tertiary alicyclic amines) is 1. The van der Waals surface area contributed by atoms with Crippen molar-refractivity contribution in [1.82, 2.24) is 19.7 Å². The van der Waals surface area contributed by atoms with E-state index < -0.39 is 0 Å². The molecule has 1 saturated heterocycles. The number of halogens is 1. The average Bonchev–Trinajstić information content (AvgIpc) is 3.09. The van der Waals surface area contributed by atoms with Gasteiger partial charge >= 0.3 is 0 Å². The molecular formula is C21H29ClN4O2S. The van der Waals surface area contributed by atoms with E-state index in [2.05, 4.69) is 24.0 Å². The smallest absolute Gasteiger partial charge is 0.233 e. The molecule has 158 valence electrons. The highest BCUT2D eigenvalue weighted by Crippen LogP contribution is 2.26. The van der Waals surface area contributed by atoms with Crippen molar-refractivity contribution in [2.75, 3.05) is 5.75 Å². The summed E-state index contributed by atoms with van der Waals surface area (Å²) < 4.78 is 7.87. The Balaban J connectivity index is 1.61. The molecule has 1 aliphatic heterocycles. The number of amides is 1. The molecule has 0 unspecified atom stereocenters. The number of piperidine rings is 1. The molecule has 2 aromatic rings. The second-order valence-corrected chi connectivity index (χ2v) is 8.91. The first-order valence-electron chi connectivity index (χ1n) is 10.2. The quantitative estimate of drug-likeness (QED) is 0.587. The van der Waals surface area contributed by atoms with Gasteiger partial charge in [-0.1, -0.05) is 23.4 Å². The van der Waals surface area contributed by atoms with E-state index in [1.165, 1.54) is 18.2 Å². The van der Waals surface area contributed by atoms with Gasteiger partial charge in [0.25, 0.3) is 0 Å². The molecule has 1 amide bonds. The third kappa shape index (κ3) is 5.25. The van der Waals surface area contributed by atoms with Crippen molar-refractivity contribution in [3.63, 3.8) is 0 Å². The van der Waals surface area contributed by atoms with Gasteiger partial charge in [0.05, 0.1) is 5.75 Å². The van der Waals surface area contributed by atoms with Crippen molar-refractivity contribution in [2.24, 2.45) is 0 Å². The van der Waals surface area contributed by atoms with E-state index in [-0.39, 0.29) is 5.91 Å². The molecule has 1 aliphatic rings. The fraction of sp³-hybridized carbons (Fsp3) is 0.571. The topological polar surface area (TPSA) is 60.2 Å². The number of thioether (sulfide) groups is 1. The van der Waals surface area contributed by atoms with Crippen LogP contribution in [0.3, 0.4) is 0 Å². The molecule has 6 nitrogen and oxygen atoms in total. The fourth-order valence-corrected chi connectivity index (χ4v) is 4.83. The molecule has 3 rings (SSSR count). The van der Waals surface area contributed by atoms with Crippen molar-refractivity contribution in [2.45, 2.75) is 77.3 Å². The van der Waals surface area contributed by atoms with Gasteiger partial charge in [-0.15, -0.1) is 10.2 Å². The molecule has 0 N–H and O–H groups in total. The van der Waals surface area contributed by atoms with E-state index in [9.17, 15) is 4.79 Å². The maximum Gasteiger partial charge on any atom is 0.233 e. The summed E-state index contributed by atoms with van der Waals surface area (Å²) in [5.74, 6) is 2.05. The molecule has 0 radical (unpaired) electrons. The van der Waals surface area contributed by atoms with Crippen LogP contribution in [-0.4, -0.2) is 43.4 Å². The van der Waals surface area contributed by atoms with Gasteiger partial charge < -0.3 is 14.2 Å². The molecule has 0 spiro atoms. The number of ether oxygens (including phenoxy) is 1. The summed E-state index contributed by atoms with van der Waals surface area (Å²) in [6.45, 7) is 9.30. The van der Waals surface area contributed by atoms with Gasteiger partial charge in [-0.2, -0.15) is 0 Å². The Morgan fingerprint density at radius 3 is 2.66 bits per heavy atom. The number of aromatic nitrogens is 3. The first kappa shape index (κ1) is 22.0. The summed E-state index contributed by atoms with van der Waals surface area (Å²) in [4.78, 5) is 14.8. The second kappa shape index (κ2) is 9.85. The zero-order chi connectivity index (χ0) is 21.0. The molecule has 0 saturated carbocycles. The van der Waals surface area contributed by atoms with Crippen LogP contribution in [0, 0.1) is 6.92 Å². The first-order valence-corrected chi connectivity index (χ1v) is 11.5. The maximum absolute atomic E-state index is 12.8. The Bertz CT molecular complexity index is 847. The lowest BCUT2D eigenvalue weighted by molar-refractivity contribution is -0.134. The van der Waals surface area contributed by atoms with E-state index >= 15 is 0 Å². The minimum atomic E-state index is 0.176. The predicted octanol–water partition coefficient (Wildman–Crippen LogP) is 4.72. The van der Waals surface area contributed by atoms with Gasteiger partial charge in [0.2, 0.25) is 5.91 Å². The third-order valence-corrected chi connectivity index (χ3v) is 6.79. The van der Waals surface area contributed by atoms with Crippen molar-refractivity contribution >= 4 is 29.3 Å². The standard InChI is InChI=1S/C21H29ClN4O2S/c1-5-25-19(12-28-17-9-10-18(22)14(2)11-17)23-24-21(25)29-13-20(27)26-15(3)7-6-8-16(26)4/h9-11,15-16H,5-8,12-13H2,1-4H3/t15-,16+. The molecule has 2 heterocycles. The van der Waals surface area contributed by atoms with Gasteiger partial charge in [0.15, 0.2) is 11.0 Å². The number of aryl methyl sites for hydroxylation is 1. The summed E-state index contributed by atoms with van der Waals surface area (Å²) >= 11 is 7.52. The molecule has 0 aliphatic carbocycles. The number of benzene rings is 1. The third-order valence-electron chi connectivity index (χ3n) is 5.41. The average molecular weight is 437 g/mol. The number of rotatable bonds is 7. The molecule has 2 atom stereocenters. The van der Waals surface area contributed by atoms with Crippen molar-refractivity contribution in [1.29, 1.82) is 0 Å². The van der Waals surface area contributed by atoms with Gasteiger partial charge in [0, 0.05) is 23.7 Å². The molecule has 29 heavy (non-hydrogen) atoms. The Morgan fingerprint density at radius 1 is 1.28 bits per heavy atom. The monoisotopic (exact) mass is 436 g/mol. The van der Waals surface area contributed by atoms with Gasteiger partial charge in [-0.3, -0.25) is 4.79 Å². The largest absolute Gasteiger partial charge is 0.486 e. The van der Waals surface area contributed by atoms with E-state index in [1.54, 1.807) is 0 Å². The fourth-order valence-electron chi connectivity index (χ4n) is 3.82. The SMILES string of the molecule is CCn1c(COc2ccc(Cl)c(C)c2)nnc1SCC(=O)N1[C@H](C)CCC[C@@H]1C. The molecule has 1 aromatic heterocycles. The van der Waals surface area contributed by atoms with Crippen LogP contribution in [0.2, 0.25) is 5.02 Å². The van der Waals surface area contributed by atoms with Crippen LogP contribution in [0.5, 0.6) is 5.75 Å². The Hall–Kier alpha value is -1.73. The first-order chi connectivity index (χ1) is 13.9. The Labute approximate surface area is 182 Å². The van der Waals surface area contributed by atoms with Crippen LogP contribution in [0.1, 0.15) is 51.4 Å². The van der Waals surface area contributed by atoms with Crippen LogP contribution in [0.25, 0.3) is 0 Å². The van der Waals surface area contributed by atoms with Crippen molar-refractivity contribution < 1.29 is 9.53 Å². The number of carbonyl (C=O) groups is 1. The lowest BCUT2D eigenvalue weighted by Gasteiger charge is -2.39. The number of hydrogen-bond donors (Lipinski definition) is 0. The van der Waals surface area contributed by atoms with Crippen LogP contribution in [0.4, 0.5) is 0 Å². The lowest BCUT2D eigenvalue weighted by atomic mass is 9.98. The number of nitrogens with zero attached hydrogens (tertiary/aromatic N) is 4. The highest BCUT2D eigenvalue weighted by molar-refractivity contribution is 7.99. The molecule has 1 fully saturated rings. The van der Waals surface area contributed by atoms with E-state index in [0.717, 1.165) is 46.7 Å². The maximum atomic E-state index is 12.8. The normalized spacial score (nSPS) is 19.4. The minimum absolute atomic E-state index is 0.176. The zero-order valence-electron chi connectivity index (χ0n) is 17.5. The highest BCUT2D eigenvalue weighted by Gasteiger charge is 2.29. The second-order valence-electron chi connectivity index (χ2n) is 7.56. The number of hydrogen-bond acceptors (Lipinski definition) is 5. The van der Waals surface area contributed by atoms with Crippen LogP contribution >= 0.6 is 23.4 Å². The van der Waals surface area contributed by atoms with E-state index in [1.807, 2.05) is 41.5 Å². The predicted molar refractivity (Wildman–Crippen MR) is 117 cm³/mol. The van der Waals surface area contributed by atoms with Gasteiger partial charge in [0.1, 0.15) is 12.4 Å². The van der Waals surface area contributed by atoms with E-state index in [0.29, 0.717) is 24.4 Å². The molecular weight excluding hydrogens is 408 g/mol.